The molecule has 154 valence electrons. The minimum Gasteiger partial charge on any atom is -0.341 e. The van der Waals surface area contributed by atoms with Crippen molar-refractivity contribution in [2.24, 2.45) is 0 Å². The summed E-state index contributed by atoms with van der Waals surface area (Å²) in [5.41, 5.74) is 3.03. The van der Waals surface area contributed by atoms with Crippen molar-refractivity contribution >= 4 is 39.9 Å². The first-order valence-corrected chi connectivity index (χ1v) is 10.5. The van der Waals surface area contributed by atoms with E-state index in [2.05, 4.69) is 10.3 Å². The largest absolute Gasteiger partial charge is 0.341 e. The molecule has 1 saturated heterocycles. The summed E-state index contributed by atoms with van der Waals surface area (Å²) in [5, 5.41) is 5.93. The SMILES string of the molecule is Cc1ccc(-c2csc3ncn(CCC(=O)N4CCCNCC4)c(=O)c23)cc1.Cl. The molecule has 29 heavy (non-hydrogen) atoms. The third-order valence-corrected chi connectivity index (χ3v) is 6.07. The lowest BCUT2D eigenvalue weighted by Crippen LogP contribution is -2.35. The van der Waals surface area contributed by atoms with Crippen molar-refractivity contribution < 1.29 is 4.79 Å². The van der Waals surface area contributed by atoms with E-state index in [1.807, 2.05) is 41.5 Å². The lowest BCUT2D eigenvalue weighted by molar-refractivity contribution is -0.131. The second kappa shape index (κ2) is 9.52. The highest BCUT2D eigenvalue weighted by Gasteiger charge is 2.17. The number of aryl methyl sites for hydroxylation is 2. The molecule has 0 radical (unpaired) electrons. The number of carbonyl (C=O) groups is 1. The van der Waals surface area contributed by atoms with Crippen molar-refractivity contribution in [2.45, 2.75) is 26.3 Å². The highest BCUT2D eigenvalue weighted by atomic mass is 35.5. The van der Waals surface area contributed by atoms with E-state index in [0.717, 1.165) is 48.6 Å². The van der Waals surface area contributed by atoms with Gasteiger partial charge in [0.25, 0.3) is 5.56 Å². The number of aromatic nitrogens is 2. The van der Waals surface area contributed by atoms with E-state index in [9.17, 15) is 9.59 Å². The molecule has 0 aliphatic carbocycles. The van der Waals surface area contributed by atoms with Crippen molar-refractivity contribution in [3.63, 3.8) is 0 Å². The monoisotopic (exact) mass is 432 g/mol. The Kier molecular flexibility index (Phi) is 7.05. The Hall–Kier alpha value is -2.22. The fourth-order valence-electron chi connectivity index (χ4n) is 3.54. The van der Waals surface area contributed by atoms with E-state index in [0.29, 0.717) is 18.4 Å². The maximum atomic E-state index is 13.1. The molecule has 1 aliphatic rings. The first-order valence-electron chi connectivity index (χ1n) is 9.65. The summed E-state index contributed by atoms with van der Waals surface area (Å²) < 4.78 is 1.57. The number of carbonyl (C=O) groups excluding carboxylic acids is 1. The molecule has 1 aliphatic heterocycles. The second-order valence-corrected chi connectivity index (χ2v) is 8.03. The quantitative estimate of drug-likeness (QED) is 0.688. The van der Waals surface area contributed by atoms with E-state index in [-0.39, 0.29) is 23.9 Å². The Morgan fingerprint density at radius 3 is 2.79 bits per heavy atom. The summed E-state index contributed by atoms with van der Waals surface area (Å²) in [6.45, 7) is 5.68. The lowest BCUT2D eigenvalue weighted by Gasteiger charge is -2.20. The van der Waals surface area contributed by atoms with Gasteiger partial charge in [0.05, 0.1) is 11.7 Å². The van der Waals surface area contributed by atoms with Crippen LogP contribution >= 0.6 is 23.7 Å². The molecule has 3 heterocycles. The molecule has 0 spiro atoms. The van der Waals surface area contributed by atoms with E-state index in [1.165, 1.54) is 16.9 Å². The van der Waals surface area contributed by atoms with Crippen LogP contribution in [0, 0.1) is 6.92 Å². The summed E-state index contributed by atoms with van der Waals surface area (Å²) >= 11 is 1.48. The van der Waals surface area contributed by atoms with Crippen molar-refractivity contribution in [3.05, 3.63) is 51.9 Å². The number of nitrogens with zero attached hydrogens (tertiary/aromatic N) is 3. The van der Waals surface area contributed by atoms with Gasteiger partial charge in [-0.2, -0.15) is 0 Å². The number of nitrogens with one attached hydrogen (secondary N) is 1. The van der Waals surface area contributed by atoms with Gasteiger partial charge in [0.15, 0.2) is 0 Å². The highest BCUT2D eigenvalue weighted by molar-refractivity contribution is 7.17. The third kappa shape index (κ3) is 4.69. The van der Waals surface area contributed by atoms with Gasteiger partial charge < -0.3 is 10.2 Å². The van der Waals surface area contributed by atoms with Gasteiger partial charge in [-0.05, 0) is 25.5 Å². The maximum absolute atomic E-state index is 13.1. The molecule has 0 saturated carbocycles. The zero-order chi connectivity index (χ0) is 19.5. The van der Waals surface area contributed by atoms with Crippen molar-refractivity contribution in [2.75, 3.05) is 26.2 Å². The van der Waals surface area contributed by atoms with E-state index >= 15 is 0 Å². The van der Waals surface area contributed by atoms with Crippen molar-refractivity contribution in [1.82, 2.24) is 19.8 Å². The van der Waals surface area contributed by atoms with Crippen LogP contribution in [-0.2, 0) is 11.3 Å². The maximum Gasteiger partial charge on any atom is 0.262 e. The summed E-state index contributed by atoms with van der Waals surface area (Å²) in [4.78, 5) is 32.7. The topological polar surface area (TPSA) is 67.2 Å². The number of fused-ring (bicyclic) bond motifs is 1. The Bertz CT molecular complexity index is 1040. The number of hydrogen-bond acceptors (Lipinski definition) is 5. The fourth-order valence-corrected chi connectivity index (χ4v) is 4.45. The van der Waals surface area contributed by atoms with E-state index in [4.69, 9.17) is 0 Å². The van der Waals surface area contributed by atoms with Gasteiger partial charge >= 0.3 is 0 Å². The van der Waals surface area contributed by atoms with Crippen molar-refractivity contribution in [3.8, 4) is 11.1 Å². The van der Waals surface area contributed by atoms with Gasteiger partial charge in [0.2, 0.25) is 5.91 Å². The average Bonchev–Trinajstić information content (AvgIpc) is 2.95. The predicted octanol–water partition coefficient (Wildman–Crippen LogP) is 3.07. The summed E-state index contributed by atoms with van der Waals surface area (Å²) in [6, 6.07) is 8.15. The van der Waals surface area contributed by atoms with E-state index in [1.54, 1.807) is 10.9 Å². The molecule has 1 amide bonds. The van der Waals surface area contributed by atoms with Crippen LogP contribution in [0.25, 0.3) is 21.3 Å². The van der Waals surface area contributed by atoms with Crippen LogP contribution in [0.2, 0.25) is 0 Å². The number of amides is 1. The standard InChI is InChI=1S/C21H24N4O2S.ClH/c1-15-3-5-16(6-4-15)17-13-28-20-19(17)21(27)25(14-23-20)11-7-18(26)24-10-2-8-22-9-12-24;/h3-6,13-14,22H,2,7-12H2,1H3;1H. The zero-order valence-corrected chi connectivity index (χ0v) is 18.0. The number of halogens is 1. The fraction of sp³-hybridized carbons (Fsp3) is 0.381. The van der Waals surface area contributed by atoms with Crippen LogP contribution in [0.3, 0.4) is 0 Å². The predicted molar refractivity (Wildman–Crippen MR) is 120 cm³/mol. The molecular formula is C21H25ClN4O2S. The number of hydrogen-bond donors (Lipinski definition) is 1. The molecule has 0 unspecified atom stereocenters. The summed E-state index contributed by atoms with van der Waals surface area (Å²) in [7, 11) is 0. The van der Waals surface area contributed by atoms with Crippen molar-refractivity contribution in [1.29, 1.82) is 0 Å². The second-order valence-electron chi connectivity index (χ2n) is 7.17. The van der Waals surface area contributed by atoms with Crippen LogP contribution in [0.1, 0.15) is 18.4 Å². The first kappa shape index (κ1) is 21.5. The number of benzene rings is 1. The molecule has 1 N–H and O–H groups in total. The zero-order valence-electron chi connectivity index (χ0n) is 16.4. The molecule has 1 fully saturated rings. The normalized spacial score (nSPS) is 14.4. The van der Waals surface area contributed by atoms with Gasteiger partial charge in [0.1, 0.15) is 4.83 Å². The number of thiophene rings is 1. The van der Waals surface area contributed by atoms with Crippen LogP contribution in [0.15, 0.2) is 40.8 Å². The first-order chi connectivity index (χ1) is 13.6. The van der Waals surface area contributed by atoms with Crippen LogP contribution in [0.4, 0.5) is 0 Å². The minimum absolute atomic E-state index is 0. The summed E-state index contributed by atoms with van der Waals surface area (Å²) in [5.74, 6) is 0.0970. The molecule has 4 rings (SSSR count). The van der Waals surface area contributed by atoms with Crippen LogP contribution < -0.4 is 10.9 Å². The van der Waals surface area contributed by atoms with Gasteiger partial charge in [-0.15, -0.1) is 23.7 Å². The average molecular weight is 433 g/mol. The minimum atomic E-state index is -0.0767. The Labute approximate surface area is 180 Å². The molecule has 0 bridgehead atoms. The van der Waals surface area contributed by atoms with Gasteiger partial charge in [-0.3, -0.25) is 14.2 Å². The van der Waals surface area contributed by atoms with Crippen LogP contribution in [0.5, 0.6) is 0 Å². The highest BCUT2D eigenvalue weighted by Crippen LogP contribution is 2.30. The number of rotatable bonds is 4. The third-order valence-electron chi connectivity index (χ3n) is 5.18. The van der Waals surface area contributed by atoms with Gasteiger partial charge in [0, 0.05) is 43.5 Å². The molecule has 1 aromatic carbocycles. The molecule has 8 heteroatoms. The Morgan fingerprint density at radius 2 is 2.00 bits per heavy atom. The molecular weight excluding hydrogens is 408 g/mol. The molecule has 3 aromatic rings. The summed E-state index contributed by atoms with van der Waals surface area (Å²) in [6.07, 6.45) is 2.85. The Morgan fingerprint density at radius 1 is 1.21 bits per heavy atom. The smallest absolute Gasteiger partial charge is 0.262 e. The van der Waals surface area contributed by atoms with Gasteiger partial charge in [-0.1, -0.05) is 29.8 Å². The van der Waals surface area contributed by atoms with Gasteiger partial charge in [-0.25, -0.2) is 4.98 Å². The van der Waals surface area contributed by atoms with E-state index < -0.39 is 0 Å². The molecule has 6 nitrogen and oxygen atoms in total. The Balaban J connectivity index is 0.00000240. The molecule has 0 atom stereocenters. The lowest BCUT2D eigenvalue weighted by atomic mass is 10.1. The van der Waals surface area contributed by atoms with Crippen LogP contribution in [-0.4, -0.2) is 46.5 Å². The molecule has 2 aromatic heterocycles.